The van der Waals surface area contributed by atoms with E-state index in [1.807, 2.05) is 12.1 Å². The van der Waals surface area contributed by atoms with Gasteiger partial charge in [-0.25, -0.2) is 9.97 Å². The van der Waals surface area contributed by atoms with Crippen molar-refractivity contribution in [2.24, 2.45) is 5.73 Å². The van der Waals surface area contributed by atoms with Crippen LogP contribution < -0.4 is 5.73 Å². The first-order chi connectivity index (χ1) is 8.36. The van der Waals surface area contributed by atoms with E-state index in [1.54, 1.807) is 0 Å². The molecule has 3 rings (SSSR count). The highest BCUT2D eigenvalue weighted by Crippen LogP contribution is 2.31. The average molecular weight is 230 g/mol. The molecular formula is C13H18N4. The lowest BCUT2D eigenvalue weighted by atomic mass is 9.89. The number of pyridine rings is 1. The summed E-state index contributed by atoms with van der Waals surface area (Å²) in [4.78, 5) is 12.5. The number of nitrogens with one attached hydrogen (secondary N) is 1. The quantitative estimate of drug-likeness (QED) is 0.832. The smallest absolute Gasteiger partial charge is 0.177 e. The van der Waals surface area contributed by atoms with Crippen molar-refractivity contribution in [3.8, 4) is 0 Å². The molecule has 0 unspecified atom stereocenters. The van der Waals surface area contributed by atoms with Gasteiger partial charge in [-0.3, -0.25) is 0 Å². The Balaban J connectivity index is 1.95. The average Bonchev–Trinajstić information content (AvgIpc) is 2.82. The fourth-order valence-corrected chi connectivity index (χ4v) is 2.63. The Morgan fingerprint density at radius 1 is 1.18 bits per heavy atom. The molecule has 0 radical (unpaired) electrons. The van der Waals surface area contributed by atoms with Crippen LogP contribution in [0.4, 0.5) is 0 Å². The molecule has 4 heteroatoms. The monoisotopic (exact) mass is 230 g/mol. The highest BCUT2D eigenvalue weighted by molar-refractivity contribution is 5.70. The van der Waals surface area contributed by atoms with Gasteiger partial charge in [-0.1, -0.05) is 19.3 Å². The Hall–Kier alpha value is -1.42. The van der Waals surface area contributed by atoms with Crippen LogP contribution in [0, 0.1) is 0 Å². The molecule has 0 aliphatic heterocycles. The molecule has 1 aliphatic rings. The van der Waals surface area contributed by atoms with Gasteiger partial charge in [-0.2, -0.15) is 0 Å². The number of fused-ring (bicyclic) bond motifs is 1. The van der Waals surface area contributed by atoms with Crippen LogP contribution >= 0.6 is 0 Å². The molecule has 1 fully saturated rings. The maximum Gasteiger partial charge on any atom is 0.177 e. The number of aromatic amines is 1. The van der Waals surface area contributed by atoms with Gasteiger partial charge in [0.2, 0.25) is 0 Å². The number of nitrogens with two attached hydrogens (primary N) is 1. The van der Waals surface area contributed by atoms with E-state index < -0.39 is 0 Å². The molecule has 17 heavy (non-hydrogen) atoms. The molecule has 3 N–H and O–H groups in total. The SMILES string of the molecule is NCc1ccc2[nH]c(C3CCCCC3)nc2n1. The first kappa shape index (κ1) is 10.7. The van der Waals surface area contributed by atoms with Gasteiger partial charge in [0, 0.05) is 12.5 Å². The van der Waals surface area contributed by atoms with E-state index in [4.69, 9.17) is 5.73 Å². The molecular weight excluding hydrogens is 212 g/mol. The lowest BCUT2D eigenvalue weighted by molar-refractivity contribution is 0.431. The van der Waals surface area contributed by atoms with Crippen LogP contribution in [0.1, 0.15) is 49.5 Å². The van der Waals surface area contributed by atoms with Crippen molar-refractivity contribution >= 4 is 11.2 Å². The maximum absolute atomic E-state index is 5.59. The summed E-state index contributed by atoms with van der Waals surface area (Å²) in [5, 5.41) is 0. The van der Waals surface area contributed by atoms with Crippen LogP contribution in [0.3, 0.4) is 0 Å². The third-order valence-electron chi connectivity index (χ3n) is 3.62. The van der Waals surface area contributed by atoms with Crippen molar-refractivity contribution in [3.05, 3.63) is 23.7 Å². The lowest BCUT2D eigenvalue weighted by Crippen LogP contribution is -2.05. The minimum Gasteiger partial charge on any atom is -0.340 e. The summed E-state index contributed by atoms with van der Waals surface area (Å²) in [5.41, 5.74) is 8.34. The third kappa shape index (κ3) is 2.05. The standard InChI is InChI=1S/C13H18N4/c14-8-10-6-7-11-13(15-10)17-12(16-11)9-4-2-1-3-5-9/h6-7,9H,1-5,8,14H2,(H,15,16,17). The van der Waals surface area contributed by atoms with Crippen LogP contribution in [-0.2, 0) is 6.54 Å². The first-order valence-electron chi connectivity index (χ1n) is 6.42. The number of nitrogens with zero attached hydrogens (tertiary/aromatic N) is 2. The van der Waals surface area contributed by atoms with Gasteiger partial charge < -0.3 is 10.7 Å². The first-order valence-corrected chi connectivity index (χ1v) is 6.42. The molecule has 1 saturated carbocycles. The molecule has 2 heterocycles. The Bertz CT molecular complexity index is 511. The third-order valence-corrected chi connectivity index (χ3v) is 3.62. The van der Waals surface area contributed by atoms with Crippen LogP contribution in [0.25, 0.3) is 11.2 Å². The summed E-state index contributed by atoms with van der Waals surface area (Å²) in [7, 11) is 0. The van der Waals surface area contributed by atoms with Crippen LogP contribution in [0.15, 0.2) is 12.1 Å². The fraction of sp³-hybridized carbons (Fsp3) is 0.538. The van der Waals surface area contributed by atoms with E-state index in [0.717, 1.165) is 22.7 Å². The van der Waals surface area contributed by atoms with E-state index in [-0.39, 0.29) is 0 Å². The van der Waals surface area contributed by atoms with Crippen molar-refractivity contribution in [2.75, 3.05) is 0 Å². The maximum atomic E-state index is 5.59. The number of imidazole rings is 1. The number of H-pyrrole nitrogens is 1. The zero-order valence-electron chi connectivity index (χ0n) is 9.95. The highest BCUT2D eigenvalue weighted by Gasteiger charge is 2.19. The molecule has 1 aliphatic carbocycles. The summed E-state index contributed by atoms with van der Waals surface area (Å²) in [5.74, 6) is 1.71. The van der Waals surface area contributed by atoms with Crippen LogP contribution in [0.5, 0.6) is 0 Å². The molecule has 0 spiro atoms. The Morgan fingerprint density at radius 2 is 2.00 bits per heavy atom. The fourth-order valence-electron chi connectivity index (χ4n) is 2.63. The molecule has 2 aromatic rings. The molecule has 0 amide bonds. The van der Waals surface area contributed by atoms with Gasteiger partial charge in [-0.15, -0.1) is 0 Å². The molecule has 90 valence electrons. The molecule has 4 nitrogen and oxygen atoms in total. The molecule has 2 aromatic heterocycles. The Morgan fingerprint density at radius 3 is 2.76 bits per heavy atom. The van der Waals surface area contributed by atoms with Crippen molar-refractivity contribution in [1.29, 1.82) is 0 Å². The van der Waals surface area contributed by atoms with E-state index >= 15 is 0 Å². The zero-order valence-corrected chi connectivity index (χ0v) is 9.95. The number of aromatic nitrogens is 3. The second kappa shape index (κ2) is 4.45. The van der Waals surface area contributed by atoms with Gasteiger partial charge in [0.05, 0.1) is 11.2 Å². The minimum atomic E-state index is 0.474. The summed E-state index contributed by atoms with van der Waals surface area (Å²) in [6, 6.07) is 4.00. The van der Waals surface area contributed by atoms with Crippen LogP contribution in [0.2, 0.25) is 0 Å². The second-order valence-electron chi connectivity index (χ2n) is 4.83. The van der Waals surface area contributed by atoms with E-state index in [1.165, 1.54) is 32.1 Å². The molecule has 0 saturated heterocycles. The zero-order chi connectivity index (χ0) is 11.7. The summed E-state index contributed by atoms with van der Waals surface area (Å²) in [6.45, 7) is 0.474. The molecule has 0 aromatic carbocycles. The van der Waals surface area contributed by atoms with Gasteiger partial charge in [-0.05, 0) is 25.0 Å². The van der Waals surface area contributed by atoms with E-state index in [0.29, 0.717) is 12.5 Å². The van der Waals surface area contributed by atoms with E-state index in [2.05, 4.69) is 15.0 Å². The Labute approximate surface area is 101 Å². The second-order valence-corrected chi connectivity index (χ2v) is 4.83. The lowest BCUT2D eigenvalue weighted by Gasteiger charge is -2.18. The van der Waals surface area contributed by atoms with Crippen molar-refractivity contribution in [3.63, 3.8) is 0 Å². The summed E-state index contributed by atoms with van der Waals surface area (Å²) >= 11 is 0. The summed E-state index contributed by atoms with van der Waals surface area (Å²) < 4.78 is 0. The minimum absolute atomic E-state index is 0.474. The normalized spacial score (nSPS) is 17.7. The Kier molecular flexibility index (Phi) is 2.81. The topological polar surface area (TPSA) is 67.6 Å². The van der Waals surface area contributed by atoms with Gasteiger partial charge in [0.25, 0.3) is 0 Å². The predicted molar refractivity (Wildman–Crippen MR) is 67.6 cm³/mol. The number of hydrogen-bond acceptors (Lipinski definition) is 3. The van der Waals surface area contributed by atoms with Gasteiger partial charge >= 0.3 is 0 Å². The van der Waals surface area contributed by atoms with Gasteiger partial charge in [0.1, 0.15) is 5.82 Å². The van der Waals surface area contributed by atoms with E-state index in [9.17, 15) is 0 Å². The number of rotatable bonds is 2. The molecule has 0 bridgehead atoms. The van der Waals surface area contributed by atoms with Crippen molar-refractivity contribution < 1.29 is 0 Å². The molecule has 0 atom stereocenters. The van der Waals surface area contributed by atoms with Crippen LogP contribution in [-0.4, -0.2) is 15.0 Å². The van der Waals surface area contributed by atoms with Gasteiger partial charge in [0.15, 0.2) is 5.65 Å². The largest absolute Gasteiger partial charge is 0.340 e. The number of hydrogen-bond donors (Lipinski definition) is 2. The highest BCUT2D eigenvalue weighted by atomic mass is 15.0. The summed E-state index contributed by atoms with van der Waals surface area (Å²) in [6.07, 6.45) is 6.52. The van der Waals surface area contributed by atoms with Crippen molar-refractivity contribution in [2.45, 2.75) is 44.6 Å². The predicted octanol–water partition coefficient (Wildman–Crippen LogP) is 2.46. The van der Waals surface area contributed by atoms with Crippen molar-refractivity contribution in [1.82, 2.24) is 15.0 Å².